The van der Waals surface area contributed by atoms with Crippen molar-refractivity contribution in [1.29, 1.82) is 0 Å². The van der Waals surface area contributed by atoms with Gasteiger partial charge < -0.3 is 15.0 Å². The molecule has 0 amide bonds. The van der Waals surface area contributed by atoms with Crippen LogP contribution in [0.1, 0.15) is 17.0 Å². The van der Waals surface area contributed by atoms with E-state index in [2.05, 4.69) is 39.6 Å². The smallest absolute Gasteiger partial charge is 0.121 e. The molecule has 0 bridgehead atoms. The van der Waals surface area contributed by atoms with Gasteiger partial charge in [0.25, 0.3) is 0 Å². The third-order valence-electron chi connectivity index (χ3n) is 4.23. The predicted molar refractivity (Wildman–Crippen MR) is 104 cm³/mol. The lowest BCUT2D eigenvalue weighted by molar-refractivity contribution is 0.306. The molecule has 0 unspecified atom stereocenters. The standard InChI is InChI=1S/C22H21N3O/c1-2-6-18(7-3-1)16-26-19-12-10-17(11-13-19)14-23-15-22-24-20-8-4-5-9-21(20)25-22/h1-13,23H,14-16H2,(H,24,25). The maximum Gasteiger partial charge on any atom is 0.121 e. The van der Waals surface area contributed by atoms with Crippen LogP contribution in [0.25, 0.3) is 11.0 Å². The molecule has 1 aromatic heterocycles. The first kappa shape index (κ1) is 16.4. The van der Waals surface area contributed by atoms with Gasteiger partial charge >= 0.3 is 0 Å². The van der Waals surface area contributed by atoms with Crippen molar-refractivity contribution in [2.75, 3.05) is 0 Å². The maximum absolute atomic E-state index is 5.82. The summed E-state index contributed by atoms with van der Waals surface area (Å²) in [6.07, 6.45) is 0. The number of hydrogen-bond acceptors (Lipinski definition) is 3. The van der Waals surface area contributed by atoms with E-state index in [0.717, 1.165) is 29.2 Å². The van der Waals surface area contributed by atoms with Gasteiger partial charge in [-0.15, -0.1) is 0 Å². The molecule has 0 aliphatic carbocycles. The van der Waals surface area contributed by atoms with Crippen LogP contribution in [0.4, 0.5) is 0 Å². The molecule has 130 valence electrons. The van der Waals surface area contributed by atoms with E-state index in [1.807, 2.05) is 54.6 Å². The summed E-state index contributed by atoms with van der Waals surface area (Å²) in [4.78, 5) is 7.90. The van der Waals surface area contributed by atoms with Gasteiger partial charge in [0.15, 0.2) is 0 Å². The number of para-hydroxylation sites is 2. The fourth-order valence-electron chi connectivity index (χ4n) is 2.86. The zero-order valence-corrected chi connectivity index (χ0v) is 14.5. The summed E-state index contributed by atoms with van der Waals surface area (Å²) in [7, 11) is 0. The van der Waals surface area contributed by atoms with E-state index < -0.39 is 0 Å². The van der Waals surface area contributed by atoms with Gasteiger partial charge in [-0.05, 0) is 35.4 Å². The maximum atomic E-state index is 5.82. The minimum absolute atomic E-state index is 0.588. The molecule has 4 aromatic rings. The molecule has 1 heterocycles. The first-order valence-electron chi connectivity index (χ1n) is 8.77. The van der Waals surface area contributed by atoms with E-state index in [0.29, 0.717) is 13.2 Å². The van der Waals surface area contributed by atoms with Crippen LogP contribution < -0.4 is 10.1 Å². The highest BCUT2D eigenvalue weighted by atomic mass is 16.5. The third kappa shape index (κ3) is 4.10. The van der Waals surface area contributed by atoms with Crippen molar-refractivity contribution in [3.63, 3.8) is 0 Å². The van der Waals surface area contributed by atoms with Crippen LogP contribution in [0.5, 0.6) is 5.75 Å². The molecular weight excluding hydrogens is 322 g/mol. The SMILES string of the molecule is c1ccc(COc2ccc(CNCc3nc4ccccc4[nH]3)cc2)cc1. The average molecular weight is 343 g/mol. The molecule has 0 saturated carbocycles. The Morgan fingerprint density at radius 1 is 0.769 bits per heavy atom. The molecule has 3 aromatic carbocycles. The monoisotopic (exact) mass is 343 g/mol. The van der Waals surface area contributed by atoms with Crippen LogP contribution in [-0.2, 0) is 19.7 Å². The molecule has 0 saturated heterocycles. The van der Waals surface area contributed by atoms with E-state index >= 15 is 0 Å². The molecule has 0 radical (unpaired) electrons. The van der Waals surface area contributed by atoms with Crippen LogP contribution in [0.15, 0.2) is 78.9 Å². The highest BCUT2D eigenvalue weighted by Gasteiger charge is 2.02. The summed E-state index contributed by atoms with van der Waals surface area (Å²) in [6.45, 7) is 2.08. The summed E-state index contributed by atoms with van der Waals surface area (Å²) in [5, 5.41) is 3.42. The number of imidazole rings is 1. The Hall–Kier alpha value is -3.11. The largest absolute Gasteiger partial charge is 0.489 e. The zero-order chi connectivity index (χ0) is 17.6. The number of aromatic amines is 1. The first-order chi connectivity index (χ1) is 12.9. The fourth-order valence-corrected chi connectivity index (χ4v) is 2.86. The lowest BCUT2D eigenvalue weighted by Crippen LogP contribution is -2.13. The van der Waals surface area contributed by atoms with E-state index in [-0.39, 0.29) is 0 Å². The quantitative estimate of drug-likeness (QED) is 0.522. The van der Waals surface area contributed by atoms with Crippen molar-refractivity contribution in [2.45, 2.75) is 19.7 Å². The molecule has 4 heteroatoms. The number of aromatic nitrogens is 2. The van der Waals surface area contributed by atoms with E-state index in [1.54, 1.807) is 0 Å². The molecule has 0 aliphatic heterocycles. The van der Waals surface area contributed by atoms with Crippen molar-refractivity contribution in [3.05, 3.63) is 95.8 Å². The Labute approximate surface area is 152 Å². The van der Waals surface area contributed by atoms with Crippen molar-refractivity contribution < 1.29 is 4.74 Å². The Bertz CT molecular complexity index is 929. The Kier molecular flexibility index (Phi) is 4.94. The van der Waals surface area contributed by atoms with Crippen LogP contribution in [0, 0.1) is 0 Å². The molecule has 0 fully saturated rings. The van der Waals surface area contributed by atoms with Crippen LogP contribution in [0.2, 0.25) is 0 Å². The normalized spacial score (nSPS) is 10.9. The second kappa shape index (κ2) is 7.85. The number of fused-ring (bicyclic) bond motifs is 1. The highest BCUT2D eigenvalue weighted by Crippen LogP contribution is 2.15. The predicted octanol–water partition coefficient (Wildman–Crippen LogP) is 4.43. The Morgan fingerprint density at radius 3 is 2.35 bits per heavy atom. The minimum Gasteiger partial charge on any atom is -0.489 e. The van der Waals surface area contributed by atoms with Crippen molar-refractivity contribution in [1.82, 2.24) is 15.3 Å². The molecule has 4 rings (SSSR count). The van der Waals surface area contributed by atoms with Crippen molar-refractivity contribution in [2.24, 2.45) is 0 Å². The molecule has 2 N–H and O–H groups in total. The van der Waals surface area contributed by atoms with Crippen LogP contribution in [0.3, 0.4) is 0 Å². The van der Waals surface area contributed by atoms with Gasteiger partial charge in [-0.25, -0.2) is 4.98 Å². The molecule has 0 aliphatic rings. The fraction of sp³-hybridized carbons (Fsp3) is 0.136. The second-order valence-corrected chi connectivity index (χ2v) is 6.22. The van der Waals surface area contributed by atoms with Gasteiger partial charge in [0.05, 0.1) is 17.6 Å². The van der Waals surface area contributed by atoms with Crippen molar-refractivity contribution >= 4 is 11.0 Å². The molecule has 0 spiro atoms. The topological polar surface area (TPSA) is 49.9 Å². The van der Waals surface area contributed by atoms with E-state index in [9.17, 15) is 0 Å². The van der Waals surface area contributed by atoms with Crippen LogP contribution >= 0.6 is 0 Å². The average Bonchev–Trinajstić information content (AvgIpc) is 3.11. The number of nitrogens with one attached hydrogen (secondary N) is 2. The van der Waals surface area contributed by atoms with Gasteiger partial charge in [0, 0.05) is 6.54 Å². The Balaban J connectivity index is 1.27. The highest BCUT2D eigenvalue weighted by molar-refractivity contribution is 5.74. The van der Waals surface area contributed by atoms with Gasteiger partial charge in [0.2, 0.25) is 0 Å². The summed E-state index contributed by atoms with van der Waals surface area (Å²) < 4.78 is 5.82. The number of rotatable bonds is 7. The summed E-state index contributed by atoms with van der Waals surface area (Å²) >= 11 is 0. The number of H-pyrrole nitrogens is 1. The first-order valence-corrected chi connectivity index (χ1v) is 8.77. The number of hydrogen-bond donors (Lipinski definition) is 2. The number of ether oxygens (including phenoxy) is 1. The third-order valence-corrected chi connectivity index (χ3v) is 4.23. The van der Waals surface area contributed by atoms with E-state index in [4.69, 9.17) is 4.74 Å². The summed E-state index contributed by atoms with van der Waals surface area (Å²) in [5.41, 5.74) is 4.46. The zero-order valence-electron chi connectivity index (χ0n) is 14.5. The molecule has 0 atom stereocenters. The summed E-state index contributed by atoms with van der Waals surface area (Å²) in [5.74, 6) is 1.84. The molecule has 26 heavy (non-hydrogen) atoms. The second-order valence-electron chi connectivity index (χ2n) is 6.22. The van der Waals surface area contributed by atoms with Gasteiger partial charge in [-0.3, -0.25) is 0 Å². The van der Waals surface area contributed by atoms with Crippen molar-refractivity contribution in [3.8, 4) is 5.75 Å². The lowest BCUT2D eigenvalue weighted by Gasteiger charge is -2.08. The molecular formula is C22H21N3O. The number of nitrogens with zero attached hydrogens (tertiary/aromatic N) is 1. The molecule has 4 nitrogen and oxygen atoms in total. The summed E-state index contributed by atoms with van der Waals surface area (Å²) in [6, 6.07) is 26.5. The lowest BCUT2D eigenvalue weighted by atomic mass is 10.2. The number of benzene rings is 3. The van der Waals surface area contributed by atoms with E-state index in [1.165, 1.54) is 11.1 Å². The van der Waals surface area contributed by atoms with Gasteiger partial charge in [-0.1, -0.05) is 54.6 Å². The minimum atomic E-state index is 0.588. The van der Waals surface area contributed by atoms with Gasteiger partial charge in [0.1, 0.15) is 18.2 Å². The Morgan fingerprint density at radius 2 is 1.54 bits per heavy atom. The van der Waals surface area contributed by atoms with Crippen LogP contribution in [-0.4, -0.2) is 9.97 Å². The van der Waals surface area contributed by atoms with Gasteiger partial charge in [-0.2, -0.15) is 0 Å².